The van der Waals surface area contributed by atoms with Crippen LogP contribution in [0.5, 0.6) is 0 Å². The van der Waals surface area contributed by atoms with Crippen molar-refractivity contribution in [1.29, 1.82) is 0 Å². The third kappa shape index (κ3) is 2.53. The van der Waals surface area contributed by atoms with Gasteiger partial charge in [-0.1, -0.05) is 6.08 Å². The lowest BCUT2D eigenvalue weighted by Gasteiger charge is -2.10. The number of nitrogens with one attached hydrogen (secondary N) is 1. The molecular weight excluding hydrogens is 152 g/mol. The summed E-state index contributed by atoms with van der Waals surface area (Å²) in [5, 5.41) is 0. The Kier molecular flexibility index (Phi) is 3.57. The zero-order chi connectivity index (χ0) is 8.81. The summed E-state index contributed by atoms with van der Waals surface area (Å²) in [5.74, 6) is 6.28. The highest BCUT2D eigenvalue weighted by molar-refractivity contribution is 5.01. The Hall–Kier alpha value is -1.06. The SMILES string of the molecule is C=CCC(Cc1ccco1)NN. The largest absolute Gasteiger partial charge is 0.469 e. The number of furan rings is 1. The van der Waals surface area contributed by atoms with Gasteiger partial charge >= 0.3 is 0 Å². The fraction of sp³-hybridized carbons (Fsp3) is 0.333. The fourth-order valence-corrected chi connectivity index (χ4v) is 1.08. The first kappa shape index (κ1) is 9.03. The van der Waals surface area contributed by atoms with Gasteiger partial charge in [-0.3, -0.25) is 11.3 Å². The van der Waals surface area contributed by atoms with Crippen LogP contribution in [0.1, 0.15) is 12.2 Å². The van der Waals surface area contributed by atoms with Gasteiger partial charge in [-0.25, -0.2) is 0 Å². The summed E-state index contributed by atoms with van der Waals surface area (Å²) in [6.07, 6.45) is 5.15. The summed E-state index contributed by atoms with van der Waals surface area (Å²) < 4.78 is 5.18. The Bertz CT molecular complexity index is 218. The highest BCUT2D eigenvalue weighted by atomic mass is 16.3. The summed E-state index contributed by atoms with van der Waals surface area (Å²) in [6, 6.07) is 4.03. The Morgan fingerprint density at radius 2 is 2.58 bits per heavy atom. The topological polar surface area (TPSA) is 51.2 Å². The molecule has 0 fully saturated rings. The standard InChI is InChI=1S/C9H14N2O/c1-2-4-8(11-10)7-9-5-3-6-12-9/h2-3,5-6,8,11H,1,4,7,10H2. The molecule has 3 heteroatoms. The maximum Gasteiger partial charge on any atom is 0.105 e. The van der Waals surface area contributed by atoms with Crippen LogP contribution in [-0.2, 0) is 6.42 Å². The van der Waals surface area contributed by atoms with E-state index in [4.69, 9.17) is 10.3 Å². The molecule has 0 aliphatic rings. The van der Waals surface area contributed by atoms with Crippen LogP contribution < -0.4 is 11.3 Å². The molecule has 1 aromatic heterocycles. The van der Waals surface area contributed by atoms with Gasteiger partial charge in [-0.2, -0.15) is 0 Å². The molecule has 0 aliphatic carbocycles. The van der Waals surface area contributed by atoms with Gasteiger partial charge in [0.2, 0.25) is 0 Å². The Morgan fingerprint density at radius 1 is 1.75 bits per heavy atom. The Morgan fingerprint density at radius 3 is 3.08 bits per heavy atom. The maximum atomic E-state index is 5.34. The number of hydrogen-bond acceptors (Lipinski definition) is 3. The van der Waals surface area contributed by atoms with Gasteiger partial charge in [0.15, 0.2) is 0 Å². The van der Waals surface area contributed by atoms with E-state index in [0.717, 1.165) is 18.6 Å². The lowest BCUT2D eigenvalue weighted by atomic mass is 10.1. The van der Waals surface area contributed by atoms with Crippen molar-refractivity contribution in [1.82, 2.24) is 5.43 Å². The van der Waals surface area contributed by atoms with Crippen molar-refractivity contribution in [3.63, 3.8) is 0 Å². The molecule has 0 bridgehead atoms. The normalized spacial score (nSPS) is 12.8. The van der Waals surface area contributed by atoms with Gasteiger partial charge in [-0.05, 0) is 18.6 Å². The van der Waals surface area contributed by atoms with Crippen LogP contribution >= 0.6 is 0 Å². The van der Waals surface area contributed by atoms with Crippen LogP contribution in [0.25, 0.3) is 0 Å². The molecule has 1 unspecified atom stereocenters. The first-order chi connectivity index (χ1) is 5.86. The average Bonchev–Trinajstić information content (AvgIpc) is 2.56. The fourth-order valence-electron chi connectivity index (χ4n) is 1.08. The molecule has 0 aliphatic heterocycles. The molecule has 66 valence electrons. The quantitative estimate of drug-likeness (QED) is 0.393. The summed E-state index contributed by atoms with van der Waals surface area (Å²) >= 11 is 0. The molecule has 3 nitrogen and oxygen atoms in total. The molecule has 1 aromatic rings. The van der Waals surface area contributed by atoms with E-state index in [2.05, 4.69) is 12.0 Å². The molecule has 0 spiro atoms. The van der Waals surface area contributed by atoms with E-state index < -0.39 is 0 Å². The molecule has 0 saturated heterocycles. The van der Waals surface area contributed by atoms with Gasteiger partial charge in [-0.15, -0.1) is 6.58 Å². The monoisotopic (exact) mass is 166 g/mol. The smallest absolute Gasteiger partial charge is 0.105 e. The lowest BCUT2D eigenvalue weighted by molar-refractivity contribution is 0.448. The summed E-state index contributed by atoms with van der Waals surface area (Å²) in [5.41, 5.74) is 2.71. The second-order valence-corrected chi connectivity index (χ2v) is 2.67. The van der Waals surface area contributed by atoms with E-state index in [9.17, 15) is 0 Å². The maximum absolute atomic E-state index is 5.34. The van der Waals surface area contributed by atoms with Crippen LogP contribution in [0.4, 0.5) is 0 Å². The second-order valence-electron chi connectivity index (χ2n) is 2.67. The van der Waals surface area contributed by atoms with E-state index >= 15 is 0 Å². The van der Waals surface area contributed by atoms with Crippen LogP contribution in [0.2, 0.25) is 0 Å². The van der Waals surface area contributed by atoms with Crippen molar-refractivity contribution in [2.24, 2.45) is 5.84 Å². The van der Waals surface area contributed by atoms with Crippen LogP contribution in [0.3, 0.4) is 0 Å². The zero-order valence-electron chi connectivity index (χ0n) is 6.99. The number of hydrogen-bond donors (Lipinski definition) is 2. The van der Waals surface area contributed by atoms with E-state index in [1.807, 2.05) is 18.2 Å². The molecule has 3 N–H and O–H groups in total. The molecule has 0 saturated carbocycles. The minimum absolute atomic E-state index is 0.216. The highest BCUT2D eigenvalue weighted by Gasteiger charge is 2.06. The van der Waals surface area contributed by atoms with Crippen molar-refractivity contribution in [3.05, 3.63) is 36.8 Å². The van der Waals surface area contributed by atoms with E-state index in [1.54, 1.807) is 6.26 Å². The minimum Gasteiger partial charge on any atom is -0.469 e. The molecule has 0 amide bonds. The van der Waals surface area contributed by atoms with Crippen LogP contribution in [0.15, 0.2) is 35.5 Å². The molecule has 0 aromatic carbocycles. The highest BCUT2D eigenvalue weighted by Crippen LogP contribution is 2.05. The first-order valence-electron chi connectivity index (χ1n) is 3.96. The van der Waals surface area contributed by atoms with Gasteiger partial charge < -0.3 is 4.42 Å². The van der Waals surface area contributed by atoms with Crippen LogP contribution in [-0.4, -0.2) is 6.04 Å². The van der Waals surface area contributed by atoms with Crippen molar-refractivity contribution in [3.8, 4) is 0 Å². The number of hydrazine groups is 1. The Labute approximate surface area is 72.2 Å². The summed E-state index contributed by atoms with van der Waals surface area (Å²) in [7, 11) is 0. The molecule has 1 atom stereocenters. The Balaban J connectivity index is 2.42. The van der Waals surface area contributed by atoms with Crippen molar-refractivity contribution >= 4 is 0 Å². The average molecular weight is 166 g/mol. The van der Waals surface area contributed by atoms with Gasteiger partial charge in [0.1, 0.15) is 5.76 Å². The predicted octanol–water partition coefficient (Wildman–Crippen LogP) is 1.23. The number of nitrogens with two attached hydrogens (primary N) is 1. The van der Waals surface area contributed by atoms with E-state index in [1.165, 1.54) is 0 Å². The van der Waals surface area contributed by atoms with E-state index in [-0.39, 0.29) is 6.04 Å². The van der Waals surface area contributed by atoms with Gasteiger partial charge in [0.25, 0.3) is 0 Å². The summed E-state index contributed by atoms with van der Waals surface area (Å²) in [4.78, 5) is 0. The molecular formula is C9H14N2O. The third-order valence-electron chi connectivity index (χ3n) is 1.71. The van der Waals surface area contributed by atoms with Crippen molar-refractivity contribution in [2.75, 3.05) is 0 Å². The molecule has 12 heavy (non-hydrogen) atoms. The molecule has 1 heterocycles. The first-order valence-corrected chi connectivity index (χ1v) is 3.96. The van der Waals surface area contributed by atoms with Crippen molar-refractivity contribution in [2.45, 2.75) is 18.9 Å². The summed E-state index contributed by atoms with van der Waals surface area (Å²) in [6.45, 7) is 3.65. The zero-order valence-corrected chi connectivity index (χ0v) is 6.99. The van der Waals surface area contributed by atoms with Gasteiger partial charge in [0, 0.05) is 12.5 Å². The minimum atomic E-state index is 0.216. The molecule has 0 radical (unpaired) electrons. The van der Waals surface area contributed by atoms with Crippen molar-refractivity contribution < 1.29 is 4.42 Å². The third-order valence-corrected chi connectivity index (χ3v) is 1.71. The molecule has 1 rings (SSSR count). The van der Waals surface area contributed by atoms with E-state index in [0.29, 0.717) is 0 Å². The van der Waals surface area contributed by atoms with Crippen LogP contribution in [0, 0.1) is 0 Å². The second kappa shape index (κ2) is 4.74. The number of rotatable bonds is 5. The lowest BCUT2D eigenvalue weighted by Crippen LogP contribution is -2.36. The van der Waals surface area contributed by atoms with Gasteiger partial charge in [0.05, 0.1) is 6.26 Å². The predicted molar refractivity (Wildman–Crippen MR) is 48.3 cm³/mol.